The topological polar surface area (TPSA) is 67.4 Å². The molecule has 0 aliphatic carbocycles. The molecule has 0 bridgehead atoms. The lowest BCUT2D eigenvalue weighted by Gasteiger charge is -2.17. The van der Waals surface area contributed by atoms with Crippen LogP contribution in [0.1, 0.15) is 33.5 Å². The van der Waals surface area contributed by atoms with Crippen LogP contribution in [0, 0.1) is 0 Å². The normalized spacial score (nSPS) is 12.6. The molecule has 5 heteroatoms. The number of ether oxygens (including phenoxy) is 1. The lowest BCUT2D eigenvalue weighted by molar-refractivity contribution is -0.116. The lowest BCUT2D eigenvalue weighted by atomic mass is 10.00. The highest BCUT2D eigenvalue weighted by molar-refractivity contribution is 5.97. The molecule has 30 heavy (non-hydrogen) atoms. The van der Waals surface area contributed by atoms with Gasteiger partial charge in [-0.2, -0.15) is 0 Å². The molecule has 0 aromatic heterocycles. The van der Waals surface area contributed by atoms with Gasteiger partial charge in [0.1, 0.15) is 12.4 Å². The summed E-state index contributed by atoms with van der Waals surface area (Å²) in [7, 11) is 0. The minimum absolute atomic E-state index is 0.0242. The first-order valence-electron chi connectivity index (χ1n) is 10.1. The number of carbonyl (C=O) groups excluding carboxylic acids is 2. The number of benzene rings is 3. The zero-order valence-corrected chi connectivity index (χ0v) is 16.7. The molecular weight excluding hydrogens is 376 g/mol. The monoisotopic (exact) mass is 400 g/mol. The molecule has 152 valence electrons. The Morgan fingerprint density at radius 1 is 0.933 bits per heavy atom. The van der Waals surface area contributed by atoms with E-state index in [0.29, 0.717) is 31.6 Å². The summed E-state index contributed by atoms with van der Waals surface area (Å²) >= 11 is 0. The van der Waals surface area contributed by atoms with Crippen LogP contribution < -0.4 is 15.4 Å². The summed E-state index contributed by atoms with van der Waals surface area (Å²) < 4.78 is 5.80. The predicted octanol–water partition coefficient (Wildman–Crippen LogP) is 4.12. The van der Waals surface area contributed by atoms with Gasteiger partial charge in [0, 0.05) is 24.2 Å². The van der Waals surface area contributed by atoms with Crippen LogP contribution in [-0.2, 0) is 24.2 Å². The van der Waals surface area contributed by atoms with Crippen LogP contribution in [0.25, 0.3) is 0 Å². The fraction of sp³-hybridized carbons (Fsp3) is 0.200. The van der Waals surface area contributed by atoms with Gasteiger partial charge in [0.25, 0.3) is 5.91 Å². The number of hydrogen-bond acceptors (Lipinski definition) is 3. The summed E-state index contributed by atoms with van der Waals surface area (Å²) in [6.07, 6.45) is 1.87. The van der Waals surface area contributed by atoms with Crippen molar-refractivity contribution >= 4 is 17.5 Å². The van der Waals surface area contributed by atoms with E-state index >= 15 is 0 Å². The standard InChI is InChI=1S/C25H24N2O3/c28-24-13-9-20-16-21(8-12-23(20)27-24)25(29)26-15-14-18-6-10-22(11-7-18)30-17-19-4-2-1-3-5-19/h1-8,10-12,16H,9,13-15,17H2,(H,26,29)(H,27,28). The lowest BCUT2D eigenvalue weighted by Crippen LogP contribution is -2.26. The third-order valence-corrected chi connectivity index (χ3v) is 5.13. The molecule has 1 aliphatic heterocycles. The van der Waals surface area contributed by atoms with Crippen molar-refractivity contribution in [1.82, 2.24) is 5.32 Å². The average molecular weight is 400 g/mol. The van der Waals surface area contributed by atoms with Gasteiger partial charge >= 0.3 is 0 Å². The zero-order valence-electron chi connectivity index (χ0n) is 16.7. The fourth-order valence-electron chi connectivity index (χ4n) is 3.44. The van der Waals surface area contributed by atoms with E-state index < -0.39 is 0 Å². The van der Waals surface area contributed by atoms with E-state index in [1.54, 1.807) is 12.1 Å². The molecule has 0 radical (unpaired) electrons. The maximum Gasteiger partial charge on any atom is 0.251 e. The highest BCUT2D eigenvalue weighted by Crippen LogP contribution is 2.23. The van der Waals surface area contributed by atoms with Gasteiger partial charge < -0.3 is 15.4 Å². The molecule has 0 saturated carbocycles. The summed E-state index contributed by atoms with van der Waals surface area (Å²) in [6.45, 7) is 1.09. The van der Waals surface area contributed by atoms with Gasteiger partial charge in [0.15, 0.2) is 0 Å². The number of anilines is 1. The van der Waals surface area contributed by atoms with Gasteiger partial charge in [-0.3, -0.25) is 9.59 Å². The van der Waals surface area contributed by atoms with Gasteiger partial charge in [-0.15, -0.1) is 0 Å². The largest absolute Gasteiger partial charge is 0.489 e. The second-order valence-corrected chi connectivity index (χ2v) is 7.34. The van der Waals surface area contributed by atoms with E-state index in [-0.39, 0.29) is 11.8 Å². The number of fused-ring (bicyclic) bond motifs is 1. The van der Waals surface area contributed by atoms with Crippen LogP contribution in [0.15, 0.2) is 72.8 Å². The van der Waals surface area contributed by atoms with E-state index in [0.717, 1.165) is 34.5 Å². The Morgan fingerprint density at radius 3 is 2.53 bits per heavy atom. The van der Waals surface area contributed by atoms with Crippen LogP contribution in [0.5, 0.6) is 5.75 Å². The highest BCUT2D eigenvalue weighted by Gasteiger charge is 2.16. The molecular formula is C25H24N2O3. The summed E-state index contributed by atoms with van der Waals surface area (Å²) in [6, 6.07) is 23.4. The third-order valence-electron chi connectivity index (χ3n) is 5.13. The molecule has 0 atom stereocenters. The smallest absolute Gasteiger partial charge is 0.251 e. The number of amides is 2. The number of hydrogen-bond donors (Lipinski definition) is 2. The van der Waals surface area contributed by atoms with Crippen molar-refractivity contribution in [2.45, 2.75) is 25.9 Å². The first kappa shape index (κ1) is 19.7. The van der Waals surface area contributed by atoms with Crippen LogP contribution in [0.2, 0.25) is 0 Å². The first-order chi connectivity index (χ1) is 14.7. The first-order valence-corrected chi connectivity index (χ1v) is 10.1. The van der Waals surface area contributed by atoms with Crippen LogP contribution in [0.3, 0.4) is 0 Å². The number of carbonyl (C=O) groups is 2. The summed E-state index contributed by atoms with van der Waals surface area (Å²) in [4.78, 5) is 23.9. The van der Waals surface area contributed by atoms with Crippen molar-refractivity contribution in [3.63, 3.8) is 0 Å². The summed E-state index contributed by atoms with van der Waals surface area (Å²) in [5.74, 6) is 0.751. The Balaban J connectivity index is 1.25. The van der Waals surface area contributed by atoms with E-state index in [1.165, 1.54) is 0 Å². The Labute approximate surface area is 176 Å². The molecule has 1 aliphatic rings. The van der Waals surface area contributed by atoms with E-state index in [1.807, 2.05) is 60.7 Å². The molecule has 1 heterocycles. The minimum atomic E-state index is -0.0995. The second-order valence-electron chi connectivity index (χ2n) is 7.34. The van der Waals surface area contributed by atoms with Gasteiger partial charge in [-0.25, -0.2) is 0 Å². The minimum Gasteiger partial charge on any atom is -0.489 e. The Morgan fingerprint density at radius 2 is 1.73 bits per heavy atom. The third kappa shape index (κ3) is 5.06. The highest BCUT2D eigenvalue weighted by atomic mass is 16.5. The molecule has 2 N–H and O–H groups in total. The van der Waals surface area contributed by atoms with Crippen molar-refractivity contribution in [1.29, 1.82) is 0 Å². The summed E-state index contributed by atoms with van der Waals surface area (Å²) in [5.41, 5.74) is 4.70. The van der Waals surface area contributed by atoms with Gasteiger partial charge in [-0.1, -0.05) is 42.5 Å². The predicted molar refractivity (Wildman–Crippen MR) is 117 cm³/mol. The van der Waals surface area contributed by atoms with Crippen molar-refractivity contribution < 1.29 is 14.3 Å². The van der Waals surface area contributed by atoms with Crippen molar-refractivity contribution in [2.24, 2.45) is 0 Å². The Bertz CT molecular complexity index is 1030. The quantitative estimate of drug-likeness (QED) is 0.627. The maximum absolute atomic E-state index is 12.4. The molecule has 0 saturated heterocycles. The van der Waals surface area contributed by atoms with Crippen LogP contribution >= 0.6 is 0 Å². The SMILES string of the molecule is O=C1CCc2cc(C(=O)NCCc3ccc(OCc4ccccc4)cc3)ccc2N1. The van der Waals surface area contributed by atoms with Crippen LogP contribution in [0.4, 0.5) is 5.69 Å². The molecule has 3 aromatic rings. The van der Waals surface area contributed by atoms with E-state index in [2.05, 4.69) is 10.6 Å². The Kier molecular flexibility index (Phi) is 6.09. The number of rotatable bonds is 7. The molecule has 0 fully saturated rings. The zero-order chi connectivity index (χ0) is 20.8. The molecule has 4 rings (SSSR count). The van der Waals surface area contributed by atoms with Crippen molar-refractivity contribution in [2.75, 3.05) is 11.9 Å². The number of aryl methyl sites for hydroxylation is 1. The molecule has 0 spiro atoms. The Hall–Kier alpha value is -3.60. The van der Waals surface area contributed by atoms with Crippen molar-refractivity contribution in [3.8, 4) is 5.75 Å². The van der Waals surface area contributed by atoms with E-state index in [4.69, 9.17) is 4.74 Å². The fourth-order valence-corrected chi connectivity index (χ4v) is 3.44. The van der Waals surface area contributed by atoms with Crippen molar-refractivity contribution in [3.05, 3.63) is 95.1 Å². The van der Waals surface area contributed by atoms with Gasteiger partial charge in [-0.05, 0) is 59.9 Å². The molecule has 5 nitrogen and oxygen atoms in total. The van der Waals surface area contributed by atoms with Gasteiger partial charge in [0.2, 0.25) is 5.91 Å². The van der Waals surface area contributed by atoms with E-state index in [9.17, 15) is 9.59 Å². The second kappa shape index (κ2) is 9.27. The van der Waals surface area contributed by atoms with Gasteiger partial charge in [0.05, 0.1) is 0 Å². The van der Waals surface area contributed by atoms with Crippen LogP contribution in [-0.4, -0.2) is 18.4 Å². The molecule has 2 amide bonds. The maximum atomic E-state index is 12.4. The molecule has 3 aromatic carbocycles. The number of nitrogens with one attached hydrogen (secondary N) is 2. The summed E-state index contributed by atoms with van der Waals surface area (Å²) in [5, 5.41) is 5.80. The average Bonchev–Trinajstić information content (AvgIpc) is 2.79. The molecule has 0 unspecified atom stereocenters.